The largest absolute Gasteiger partial charge is 0.477 e. The van der Waals surface area contributed by atoms with Gasteiger partial charge in [-0.2, -0.15) is 0 Å². The van der Waals surface area contributed by atoms with E-state index in [0.717, 1.165) is 5.56 Å². The third-order valence-electron chi connectivity index (χ3n) is 2.23. The molecule has 0 radical (unpaired) electrons. The van der Waals surface area contributed by atoms with Gasteiger partial charge in [0, 0.05) is 12.4 Å². The fourth-order valence-electron chi connectivity index (χ4n) is 1.56. The second-order valence-electron chi connectivity index (χ2n) is 3.02. The van der Waals surface area contributed by atoms with Crippen molar-refractivity contribution < 1.29 is 9.90 Å². The summed E-state index contributed by atoms with van der Waals surface area (Å²) in [5, 5.41) is 9.06. The van der Waals surface area contributed by atoms with Crippen LogP contribution in [0, 0.1) is 0 Å². The SMILES string of the molecule is CCc1ccc2nccn2c1C(=O)O. The number of carboxylic acids is 1. The second-order valence-corrected chi connectivity index (χ2v) is 3.02. The van der Waals surface area contributed by atoms with Gasteiger partial charge in [-0.1, -0.05) is 13.0 Å². The molecule has 2 aromatic rings. The molecule has 2 aromatic heterocycles. The molecule has 2 rings (SSSR count). The molecule has 0 atom stereocenters. The maximum atomic E-state index is 11.0. The number of hydrogen-bond donors (Lipinski definition) is 1. The molecule has 0 fully saturated rings. The molecule has 0 spiro atoms. The number of hydrogen-bond acceptors (Lipinski definition) is 2. The van der Waals surface area contributed by atoms with Crippen molar-refractivity contribution in [3.8, 4) is 0 Å². The van der Waals surface area contributed by atoms with Crippen molar-refractivity contribution >= 4 is 11.6 Å². The van der Waals surface area contributed by atoms with E-state index in [0.29, 0.717) is 17.8 Å². The average Bonchev–Trinajstić information content (AvgIpc) is 2.62. The molecule has 0 bridgehead atoms. The van der Waals surface area contributed by atoms with Crippen molar-refractivity contribution in [2.45, 2.75) is 13.3 Å². The minimum Gasteiger partial charge on any atom is -0.477 e. The first-order valence-corrected chi connectivity index (χ1v) is 4.42. The number of carbonyl (C=O) groups is 1. The first-order valence-electron chi connectivity index (χ1n) is 4.42. The van der Waals surface area contributed by atoms with Crippen LogP contribution in [-0.4, -0.2) is 20.5 Å². The lowest BCUT2D eigenvalue weighted by atomic mass is 10.1. The Morgan fingerprint density at radius 2 is 2.36 bits per heavy atom. The third-order valence-corrected chi connectivity index (χ3v) is 2.23. The van der Waals surface area contributed by atoms with Crippen LogP contribution in [0.2, 0.25) is 0 Å². The molecule has 72 valence electrons. The summed E-state index contributed by atoms with van der Waals surface area (Å²) < 4.78 is 1.60. The van der Waals surface area contributed by atoms with E-state index in [2.05, 4.69) is 4.98 Å². The van der Waals surface area contributed by atoms with Crippen LogP contribution in [0.1, 0.15) is 23.0 Å². The van der Waals surface area contributed by atoms with Crippen LogP contribution in [0.15, 0.2) is 24.5 Å². The zero-order valence-electron chi connectivity index (χ0n) is 7.77. The van der Waals surface area contributed by atoms with E-state index in [4.69, 9.17) is 5.11 Å². The van der Waals surface area contributed by atoms with E-state index >= 15 is 0 Å². The van der Waals surface area contributed by atoms with Gasteiger partial charge in [0.15, 0.2) is 0 Å². The van der Waals surface area contributed by atoms with Gasteiger partial charge in [0.1, 0.15) is 11.3 Å². The normalized spacial score (nSPS) is 10.6. The zero-order valence-corrected chi connectivity index (χ0v) is 7.77. The average molecular weight is 190 g/mol. The summed E-state index contributed by atoms with van der Waals surface area (Å²) in [7, 11) is 0. The summed E-state index contributed by atoms with van der Waals surface area (Å²) in [6.45, 7) is 1.94. The molecule has 4 nitrogen and oxygen atoms in total. The fourth-order valence-corrected chi connectivity index (χ4v) is 1.56. The summed E-state index contributed by atoms with van der Waals surface area (Å²) in [4.78, 5) is 15.1. The molecule has 0 unspecified atom stereocenters. The molecular weight excluding hydrogens is 180 g/mol. The highest BCUT2D eigenvalue weighted by Gasteiger charge is 2.12. The predicted octanol–water partition coefficient (Wildman–Crippen LogP) is 1.59. The summed E-state index contributed by atoms with van der Waals surface area (Å²) in [5.74, 6) is -0.912. The number of rotatable bonds is 2. The van der Waals surface area contributed by atoms with Crippen LogP contribution < -0.4 is 0 Å². The quantitative estimate of drug-likeness (QED) is 0.782. The molecule has 0 aliphatic heterocycles. The summed E-state index contributed by atoms with van der Waals surface area (Å²) in [5.41, 5.74) is 1.80. The van der Waals surface area contributed by atoms with Crippen molar-refractivity contribution in [3.63, 3.8) is 0 Å². The molecule has 1 N–H and O–H groups in total. The van der Waals surface area contributed by atoms with Gasteiger partial charge in [-0.25, -0.2) is 9.78 Å². The van der Waals surface area contributed by atoms with Crippen molar-refractivity contribution in [3.05, 3.63) is 35.8 Å². The van der Waals surface area contributed by atoms with Gasteiger partial charge in [-0.05, 0) is 18.1 Å². The Bertz CT molecular complexity index is 488. The lowest BCUT2D eigenvalue weighted by Crippen LogP contribution is -2.08. The van der Waals surface area contributed by atoms with E-state index in [9.17, 15) is 4.79 Å². The number of carboxylic acid groups (broad SMARTS) is 1. The molecule has 0 aliphatic carbocycles. The van der Waals surface area contributed by atoms with E-state index < -0.39 is 5.97 Å². The topological polar surface area (TPSA) is 54.6 Å². The minimum atomic E-state index is -0.912. The number of imidazole rings is 1. The van der Waals surface area contributed by atoms with E-state index in [-0.39, 0.29) is 0 Å². The molecule has 0 saturated heterocycles. The number of aryl methyl sites for hydroxylation is 1. The molecule has 0 saturated carbocycles. The van der Waals surface area contributed by atoms with Gasteiger partial charge in [0.05, 0.1) is 0 Å². The van der Waals surface area contributed by atoms with E-state index in [1.54, 1.807) is 16.8 Å². The number of nitrogens with zero attached hydrogens (tertiary/aromatic N) is 2. The molecule has 0 aromatic carbocycles. The first kappa shape index (κ1) is 8.74. The van der Waals surface area contributed by atoms with Gasteiger partial charge < -0.3 is 5.11 Å². The third kappa shape index (κ3) is 1.16. The maximum absolute atomic E-state index is 11.0. The highest BCUT2D eigenvalue weighted by atomic mass is 16.4. The number of fused-ring (bicyclic) bond motifs is 1. The number of pyridine rings is 1. The number of aromatic nitrogens is 2. The summed E-state index contributed by atoms with van der Waals surface area (Å²) in [6, 6.07) is 3.64. The Morgan fingerprint density at radius 3 is 3.00 bits per heavy atom. The van der Waals surface area contributed by atoms with Gasteiger partial charge in [0.25, 0.3) is 0 Å². The fraction of sp³-hybridized carbons (Fsp3) is 0.200. The Balaban J connectivity index is 2.82. The Morgan fingerprint density at radius 1 is 1.57 bits per heavy atom. The van der Waals surface area contributed by atoms with Crippen LogP contribution in [0.3, 0.4) is 0 Å². The van der Waals surface area contributed by atoms with Gasteiger partial charge in [0.2, 0.25) is 0 Å². The van der Waals surface area contributed by atoms with Crippen LogP contribution in [0.5, 0.6) is 0 Å². The van der Waals surface area contributed by atoms with Gasteiger partial charge >= 0.3 is 5.97 Å². The molecule has 14 heavy (non-hydrogen) atoms. The highest BCUT2D eigenvalue weighted by Crippen LogP contribution is 2.13. The molecular formula is C10H10N2O2. The van der Waals surface area contributed by atoms with E-state index in [1.807, 2.05) is 19.1 Å². The zero-order chi connectivity index (χ0) is 10.1. The standard InChI is InChI=1S/C10H10N2O2/c1-2-7-3-4-8-11-5-6-12(8)9(7)10(13)14/h3-6H,2H2,1H3,(H,13,14). The molecule has 2 heterocycles. The Kier molecular flexibility index (Phi) is 1.96. The lowest BCUT2D eigenvalue weighted by Gasteiger charge is -2.05. The van der Waals surface area contributed by atoms with Crippen molar-refractivity contribution in [2.24, 2.45) is 0 Å². The second kappa shape index (κ2) is 3.14. The Labute approximate surface area is 80.8 Å². The van der Waals surface area contributed by atoms with Gasteiger partial charge in [-0.3, -0.25) is 4.40 Å². The van der Waals surface area contributed by atoms with Crippen molar-refractivity contribution in [1.29, 1.82) is 0 Å². The van der Waals surface area contributed by atoms with Crippen LogP contribution in [0.25, 0.3) is 5.65 Å². The minimum absolute atomic E-state index is 0.308. The van der Waals surface area contributed by atoms with Crippen LogP contribution in [0.4, 0.5) is 0 Å². The number of aromatic carboxylic acids is 1. The van der Waals surface area contributed by atoms with Crippen molar-refractivity contribution in [2.75, 3.05) is 0 Å². The molecule has 0 amide bonds. The van der Waals surface area contributed by atoms with E-state index in [1.165, 1.54) is 0 Å². The van der Waals surface area contributed by atoms with Crippen molar-refractivity contribution in [1.82, 2.24) is 9.38 Å². The summed E-state index contributed by atoms with van der Waals surface area (Å²) >= 11 is 0. The molecule has 4 heteroatoms. The van der Waals surface area contributed by atoms with Crippen LogP contribution >= 0.6 is 0 Å². The monoisotopic (exact) mass is 190 g/mol. The van der Waals surface area contributed by atoms with Gasteiger partial charge in [-0.15, -0.1) is 0 Å². The smallest absolute Gasteiger partial charge is 0.353 e. The lowest BCUT2D eigenvalue weighted by molar-refractivity contribution is 0.0687. The highest BCUT2D eigenvalue weighted by molar-refractivity contribution is 5.88. The maximum Gasteiger partial charge on any atom is 0.353 e. The molecule has 0 aliphatic rings. The Hall–Kier alpha value is -1.84. The summed E-state index contributed by atoms with van der Waals surface area (Å²) in [6.07, 6.45) is 3.97. The predicted molar refractivity (Wildman–Crippen MR) is 51.5 cm³/mol. The van der Waals surface area contributed by atoms with Crippen LogP contribution in [-0.2, 0) is 6.42 Å². The first-order chi connectivity index (χ1) is 6.74.